The number of nitrogens with one attached hydrogen (secondary N) is 2. The van der Waals surface area contributed by atoms with Gasteiger partial charge in [0.25, 0.3) is 0 Å². The highest BCUT2D eigenvalue weighted by Gasteiger charge is 2.09. The van der Waals surface area contributed by atoms with Crippen LogP contribution in [0.25, 0.3) is 0 Å². The predicted octanol–water partition coefficient (Wildman–Crippen LogP) is 3.84. The third-order valence-electron chi connectivity index (χ3n) is 4.14. The number of aliphatic imine (C=N–C) groups is 1. The van der Waals surface area contributed by atoms with Crippen LogP contribution in [0.4, 0.5) is 0 Å². The molecule has 2 rings (SSSR count). The third-order valence-corrected chi connectivity index (χ3v) is 4.96. The molecule has 0 bridgehead atoms. The van der Waals surface area contributed by atoms with Gasteiger partial charge in [0.2, 0.25) is 0 Å². The maximum absolute atomic E-state index is 6.08. The third kappa shape index (κ3) is 6.33. The maximum atomic E-state index is 6.08. The molecule has 142 valence electrons. The smallest absolute Gasteiger partial charge is 0.191 e. The minimum absolute atomic E-state index is 0.203. The second-order valence-corrected chi connectivity index (χ2v) is 7.47. The molecule has 1 unspecified atom stereocenters. The van der Waals surface area contributed by atoms with Crippen LogP contribution >= 0.6 is 11.3 Å². The molecule has 0 saturated heterocycles. The Kier molecular flexibility index (Phi) is 7.91. The lowest BCUT2D eigenvalue weighted by molar-refractivity contribution is 0.215. The van der Waals surface area contributed by atoms with Crippen LogP contribution < -0.4 is 15.4 Å². The van der Waals surface area contributed by atoms with E-state index in [1.165, 1.54) is 5.56 Å². The molecule has 2 aromatic rings. The summed E-state index contributed by atoms with van der Waals surface area (Å²) in [7, 11) is 1.79. The highest BCUT2D eigenvalue weighted by atomic mass is 32.1. The topological polar surface area (TPSA) is 58.5 Å². The van der Waals surface area contributed by atoms with Crippen molar-refractivity contribution in [3.8, 4) is 5.75 Å². The number of rotatable bonds is 8. The number of aromatic nitrogens is 1. The lowest BCUT2D eigenvalue weighted by Gasteiger charge is -2.18. The van der Waals surface area contributed by atoms with Gasteiger partial charge >= 0.3 is 0 Å². The van der Waals surface area contributed by atoms with Gasteiger partial charge in [-0.15, -0.1) is 11.3 Å². The Bertz CT molecular complexity index is 726. The van der Waals surface area contributed by atoms with E-state index in [-0.39, 0.29) is 6.10 Å². The first-order chi connectivity index (χ1) is 12.5. The van der Waals surface area contributed by atoms with Crippen molar-refractivity contribution in [2.75, 3.05) is 13.6 Å². The second-order valence-electron chi connectivity index (χ2n) is 6.41. The molecular weight excluding hydrogens is 344 g/mol. The number of thiazole rings is 1. The number of guanidine groups is 1. The van der Waals surface area contributed by atoms with Gasteiger partial charge in [0.15, 0.2) is 5.96 Å². The number of aryl methyl sites for hydroxylation is 2. The maximum Gasteiger partial charge on any atom is 0.191 e. The number of ether oxygens (including phenoxy) is 1. The Hall–Kier alpha value is -2.08. The molecule has 1 aromatic carbocycles. The molecular formula is C20H30N4OS. The first-order valence-corrected chi connectivity index (χ1v) is 10.0. The Balaban J connectivity index is 1.89. The van der Waals surface area contributed by atoms with Gasteiger partial charge in [0.05, 0.1) is 16.8 Å². The first-order valence-electron chi connectivity index (χ1n) is 9.13. The van der Waals surface area contributed by atoms with Gasteiger partial charge in [-0.1, -0.05) is 19.1 Å². The zero-order valence-corrected chi connectivity index (χ0v) is 17.2. The molecule has 0 radical (unpaired) electrons. The molecule has 0 aliphatic carbocycles. The summed E-state index contributed by atoms with van der Waals surface area (Å²) in [4.78, 5) is 8.78. The van der Waals surface area contributed by atoms with E-state index in [4.69, 9.17) is 4.74 Å². The van der Waals surface area contributed by atoms with Crippen LogP contribution in [0.2, 0.25) is 0 Å². The molecule has 0 aliphatic rings. The standard InChI is InChI=1S/C20H30N4OS/c1-6-15(3)25-19-11-14(2)7-8-17(19)12-23-20(21-5)22-10-9-18-13-26-16(4)24-18/h7-8,11,13,15H,6,9-10,12H2,1-5H3,(H2,21,22,23). The second kappa shape index (κ2) is 10.2. The molecule has 6 heteroatoms. The molecule has 2 N–H and O–H groups in total. The molecule has 1 aromatic heterocycles. The number of benzene rings is 1. The van der Waals surface area contributed by atoms with Gasteiger partial charge in [-0.3, -0.25) is 4.99 Å². The van der Waals surface area contributed by atoms with Crippen LogP contribution in [0.15, 0.2) is 28.6 Å². The van der Waals surface area contributed by atoms with Crippen LogP contribution in [-0.2, 0) is 13.0 Å². The fraction of sp³-hybridized carbons (Fsp3) is 0.500. The van der Waals surface area contributed by atoms with Crippen molar-refractivity contribution in [2.45, 2.75) is 53.2 Å². The molecule has 1 heterocycles. The summed E-state index contributed by atoms with van der Waals surface area (Å²) in [5, 5.41) is 9.93. The SMILES string of the molecule is CCC(C)Oc1cc(C)ccc1CNC(=NC)NCCc1csc(C)n1. The lowest BCUT2D eigenvalue weighted by atomic mass is 10.1. The summed E-state index contributed by atoms with van der Waals surface area (Å²) in [6.07, 6.45) is 2.08. The Morgan fingerprint density at radius 1 is 1.31 bits per heavy atom. The van der Waals surface area contributed by atoms with E-state index in [1.807, 2.05) is 6.92 Å². The van der Waals surface area contributed by atoms with Gasteiger partial charge in [-0.05, 0) is 38.8 Å². The van der Waals surface area contributed by atoms with E-state index in [0.717, 1.165) is 47.4 Å². The van der Waals surface area contributed by atoms with Crippen molar-refractivity contribution in [2.24, 2.45) is 4.99 Å². The van der Waals surface area contributed by atoms with Crippen molar-refractivity contribution in [1.29, 1.82) is 0 Å². The van der Waals surface area contributed by atoms with E-state index >= 15 is 0 Å². The van der Waals surface area contributed by atoms with Gasteiger partial charge < -0.3 is 15.4 Å². The first kappa shape index (κ1) is 20.2. The van der Waals surface area contributed by atoms with Crippen molar-refractivity contribution in [1.82, 2.24) is 15.6 Å². The van der Waals surface area contributed by atoms with E-state index in [9.17, 15) is 0 Å². The summed E-state index contributed by atoms with van der Waals surface area (Å²) < 4.78 is 6.08. The van der Waals surface area contributed by atoms with Gasteiger partial charge in [-0.2, -0.15) is 0 Å². The average molecular weight is 375 g/mol. The summed E-state index contributed by atoms with van der Waals surface area (Å²) in [6, 6.07) is 6.33. The lowest BCUT2D eigenvalue weighted by Crippen LogP contribution is -2.38. The van der Waals surface area contributed by atoms with E-state index < -0.39 is 0 Å². The van der Waals surface area contributed by atoms with Crippen LogP contribution in [0, 0.1) is 13.8 Å². The largest absolute Gasteiger partial charge is 0.490 e. The highest BCUT2D eigenvalue weighted by molar-refractivity contribution is 7.09. The van der Waals surface area contributed by atoms with Crippen LogP contribution in [0.5, 0.6) is 5.75 Å². The molecule has 5 nitrogen and oxygen atoms in total. The Labute approximate surface area is 160 Å². The minimum Gasteiger partial charge on any atom is -0.490 e. The molecule has 0 fully saturated rings. The zero-order chi connectivity index (χ0) is 18.9. The average Bonchev–Trinajstić information content (AvgIpc) is 3.04. The Morgan fingerprint density at radius 3 is 2.77 bits per heavy atom. The highest BCUT2D eigenvalue weighted by Crippen LogP contribution is 2.22. The van der Waals surface area contributed by atoms with Crippen LogP contribution in [-0.4, -0.2) is 30.6 Å². The summed E-state index contributed by atoms with van der Waals surface area (Å²) in [5.41, 5.74) is 3.46. The fourth-order valence-corrected chi connectivity index (χ4v) is 3.10. The van der Waals surface area contributed by atoms with Crippen molar-refractivity contribution >= 4 is 17.3 Å². The minimum atomic E-state index is 0.203. The monoisotopic (exact) mass is 374 g/mol. The quantitative estimate of drug-likeness (QED) is 0.544. The number of nitrogens with zero attached hydrogens (tertiary/aromatic N) is 2. The normalized spacial score (nSPS) is 12.7. The summed E-state index contributed by atoms with van der Waals surface area (Å²) in [5.74, 6) is 1.73. The number of hydrogen-bond acceptors (Lipinski definition) is 4. The Morgan fingerprint density at radius 2 is 2.12 bits per heavy atom. The van der Waals surface area contributed by atoms with Crippen molar-refractivity contribution < 1.29 is 4.74 Å². The van der Waals surface area contributed by atoms with Gasteiger partial charge in [0, 0.05) is 37.5 Å². The summed E-state index contributed by atoms with van der Waals surface area (Å²) in [6.45, 7) is 9.81. The molecule has 1 atom stereocenters. The molecule has 0 saturated carbocycles. The van der Waals surface area contributed by atoms with Crippen molar-refractivity contribution in [3.63, 3.8) is 0 Å². The van der Waals surface area contributed by atoms with E-state index in [0.29, 0.717) is 6.54 Å². The zero-order valence-electron chi connectivity index (χ0n) is 16.4. The van der Waals surface area contributed by atoms with Crippen LogP contribution in [0.1, 0.15) is 42.1 Å². The number of hydrogen-bond donors (Lipinski definition) is 2. The predicted molar refractivity (Wildman–Crippen MR) is 110 cm³/mol. The van der Waals surface area contributed by atoms with Crippen LogP contribution in [0.3, 0.4) is 0 Å². The van der Waals surface area contributed by atoms with E-state index in [1.54, 1.807) is 18.4 Å². The molecule has 26 heavy (non-hydrogen) atoms. The van der Waals surface area contributed by atoms with E-state index in [2.05, 4.69) is 65.0 Å². The molecule has 0 amide bonds. The van der Waals surface area contributed by atoms with Gasteiger partial charge in [-0.25, -0.2) is 4.98 Å². The fourth-order valence-electron chi connectivity index (χ4n) is 2.45. The van der Waals surface area contributed by atoms with Crippen molar-refractivity contribution in [3.05, 3.63) is 45.4 Å². The van der Waals surface area contributed by atoms with Gasteiger partial charge in [0.1, 0.15) is 5.75 Å². The molecule has 0 spiro atoms. The molecule has 0 aliphatic heterocycles. The summed E-state index contributed by atoms with van der Waals surface area (Å²) >= 11 is 1.69.